The van der Waals surface area contributed by atoms with Gasteiger partial charge in [0.25, 0.3) is 5.91 Å². The quantitative estimate of drug-likeness (QED) is 0.462. The van der Waals surface area contributed by atoms with Gasteiger partial charge in [0.05, 0.1) is 10.2 Å². The van der Waals surface area contributed by atoms with Crippen LogP contribution in [0.2, 0.25) is 5.02 Å². The Morgan fingerprint density at radius 2 is 1.81 bits per heavy atom. The predicted octanol–water partition coefficient (Wildman–Crippen LogP) is 6.18. The molecule has 0 aliphatic rings. The molecule has 0 aliphatic heterocycles. The Labute approximate surface area is 160 Å². The summed E-state index contributed by atoms with van der Waals surface area (Å²) >= 11 is 7.53. The van der Waals surface area contributed by atoms with Crippen molar-refractivity contribution >= 4 is 44.7 Å². The second kappa shape index (κ2) is 6.90. The molecule has 0 fully saturated rings. The van der Waals surface area contributed by atoms with Gasteiger partial charge in [-0.3, -0.25) is 4.79 Å². The van der Waals surface area contributed by atoms with Crippen LogP contribution in [0.25, 0.3) is 20.8 Å². The van der Waals surface area contributed by atoms with Crippen LogP contribution in [-0.2, 0) is 0 Å². The number of halogens is 1. The summed E-state index contributed by atoms with van der Waals surface area (Å²) in [4.78, 5) is 17.2. The highest BCUT2D eigenvalue weighted by Crippen LogP contribution is 2.32. The Morgan fingerprint density at radius 1 is 1.04 bits per heavy atom. The molecule has 1 heterocycles. The van der Waals surface area contributed by atoms with Crippen molar-refractivity contribution in [1.29, 1.82) is 0 Å². The molecule has 0 radical (unpaired) electrons. The maximum absolute atomic E-state index is 12.5. The molecule has 0 atom stereocenters. The smallest absolute Gasteiger partial charge is 0.255 e. The lowest BCUT2D eigenvalue weighted by Crippen LogP contribution is -2.12. The van der Waals surface area contributed by atoms with Gasteiger partial charge in [0, 0.05) is 21.8 Å². The topological polar surface area (TPSA) is 42.0 Å². The van der Waals surface area contributed by atoms with Gasteiger partial charge in [-0.05, 0) is 55.0 Å². The molecule has 1 N–H and O–H groups in total. The number of nitrogens with zero attached hydrogens (tertiary/aromatic N) is 1. The van der Waals surface area contributed by atoms with Gasteiger partial charge in [0.15, 0.2) is 0 Å². The van der Waals surface area contributed by atoms with E-state index in [0.717, 1.165) is 32.0 Å². The molecule has 0 bridgehead atoms. The number of carbonyl (C=O) groups excluding carboxylic acids is 1. The average Bonchev–Trinajstić information content (AvgIpc) is 3.08. The molecular formula is C21H15ClN2OS. The highest BCUT2D eigenvalue weighted by atomic mass is 35.5. The number of para-hydroxylation sites is 1. The number of hydrogen-bond acceptors (Lipinski definition) is 3. The zero-order valence-corrected chi connectivity index (χ0v) is 15.6. The molecular weight excluding hydrogens is 364 g/mol. The first-order valence-corrected chi connectivity index (χ1v) is 9.33. The molecule has 0 spiro atoms. The lowest BCUT2D eigenvalue weighted by molar-refractivity contribution is 0.102. The highest BCUT2D eigenvalue weighted by molar-refractivity contribution is 7.21. The summed E-state index contributed by atoms with van der Waals surface area (Å²) in [5, 5.41) is 4.53. The van der Waals surface area contributed by atoms with Crippen LogP contribution >= 0.6 is 22.9 Å². The normalized spacial score (nSPS) is 10.8. The molecule has 0 aliphatic carbocycles. The summed E-state index contributed by atoms with van der Waals surface area (Å²) in [6, 6.07) is 20.9. The highest BCUT2D eigenvalue weighted by Gasteiger charge is 2.11. The van der Waals surface area contributed by atoms with Gasteiger partial charge < -0.3 is 5.32 Å². The second-order valence-electron chi connectivity index (χ2n) is 5.98. The van der Waals surface area contributed by atoms with Crippen molar-refractivity contribution in [3.8, 4) is 10.6 Å². The number of fused-ring (bicyclic) bond motifs is 1. The van der Waals surface area contributed by atoms with Gasteiger partial charge in [-0.1, -0.05) is 35.9 Å². The number of carbonyl (C=O) groups is 1. The van der Waals surface area contributed by atoms with Gasteiger partial charge in [0.2, 0.25) is 0 Å². The van der Waals surface area contributed by atoms with Gasteiger partial charge in [-0.25, -0.2) is 4.98 Å². The fourth-order valence-electron chi connectivity index (χ4n) is 2.68. The van der Waals surface area contributed by atoms with Crippen LogP contribution in [0.3, 0.4) is 0 Å². The van der Waals surface area contributed by atoms with Crippen LogP contribution in [0.15, 0.2) is 66.7 Å². The van der Waals surface area contributed by atoms with E-state index >= 15 is 0 Å². The Morgan fingerprint density at radius 3 is 2.58 bits per heavy atom. The molecule has 3 aromatic carbocycles. The van der Waals surface area contributed by atoms with Crippen LogP contribution < -0.4 is 5.32 Å². The standard InChI is InChI=1S/C21H15ClN2OS/c1-13-6-7-15(21-24-17-4-2-3-5-19(17)26-21)12-18(13)23-20(25)14-8-10-16(22)11-9-14/h2-12H,1H3,(H,23,25). The summed E-state index contributed by atoms with van der Waals surface area (Å²) in [5.41, 5.74) is 4.32. The fourth-order valence-corrected chi connectivity index (χ4v) is 3.77. The minimum absolute atomic E-state index is 0.161. The van der Waals surface area contributed by atoms with Gasteiger partial charge in [-0.15, -0.1) is 11.3 Å². The minimum Gasteiger partial charge on any atom is -0.322 e. The third kappa shape index (κ3) is 3.34. The molecule has 26 heavy (non-hydrogen) atoms. The molecule has 3 nitrogen and oxygen atoms in total. The van der Waals surface area contributed by atoms with Gasteiger partial charge in [-0.2, -0.15) is 0 Å². The van der Waals surface area contributed by atoms with E-state index in [1.54, 1.807) is 35.6 Å². The first kappa shape index (κ1) is 16.8. The van der Waals surface area contributed by atoms with E-state index in [9.17, 15) is 4.79 Å². The van der Waals surface area contributed by atoms with Crippen molar-refractivity contribution in [2.45, 2.75) is 6.92 Å². The lowest BCUT2D eigenvalue weighted by Gasteiger charge is -2.10. The number of aryl methyl sites for hydroxylation is 1. The molecule has 4 aromatic rings. The van der Waals surface area contributed by atoms with Crippen molar-refractivity contribution < 1.29 is 4.79 Å². The number of aromatic nitrogens is 1. The predicted molar refractivity (Wildman–Crippen MR) is 109 cm³/mol. The second-order valence-corrected chi connectivity index (χ2v) is 7.44. The van der Waals surface area contributed by atoms with Crippen molar-refractivity contribution in [2.24, 2.45) is 0 Å². The van der Waals surface area contributed by atoms with E-state index in [2.05, 4.69) is 11.4 Å². The molecule has 5 heteroatoms. The van der Waals surface area contributed by atoms with E-state index in [1.165, 1.54) is 0 Å². The first-order chi connectivity index (χ1) is 12.6. The number of hydrogen-bond donors (Lipinski definition) is 1. The van der Waals surface area contributed by atoms with E-state index in [-0.39, 0.29) is 5.91 Å². The Bertz CT molecular complexity index is 1070. The average molecular weight is 379 g/mol. The summed E-state index contributed by atoms with van der Waals surface area (Å²) in [6.45, 7) is 1.97. The van der Waals surface area contributed by atoms with Crippen molar-refractivity contribution in [3.63, 3.8) is 0 Å². The number of nitrogens with one attached hydrogen (secondary N) is 1. The summed E-state index contributed by atoms with van der Waals surface area (Å²) in [5.74, 6) is -0.161. The zero-order valence-electron chi connectivity index (χ0n) is 14.0. The minimum atomic E-state index is -0.161. The summed E-state index contributed by atoms with van der Waals surface area (Å²) in [7, 11) is 0. The van der Waals surface area contributed by atoms with Crippen LogP contribution in [0.5, 0.6) is 0 Å². The number of amides is 1. The SMILES string of the molecule is Cc1ccc(-c2nc3ccccc3s2)cc1NC(=O)c1ccc(Cl)cc1. The molecule has 0 saturated heterocycles. The lowest BCUT2D eigenvalue weighted by atomic mass is 10.1. The Hall–Kier alpha value is -2.69. The zero-order chi connectivity index (χ0) is 18.1. The van der Waals surface area contributed by atoms with Crippen LogP contribution in [-0.4, -0.2) is 10.9 Å². The van der Waals surface area contributed by atoms with E-state index in [1.807, 2.05) is 43.3 Å². The van der Waals surface area contributed by atoms with Gasteiger partial charge in [0.1, 0.15) is 5.01 Å². The maximum atomic E-state index is 12.5. The number of rotatable bonds is 3. The Balaban J connectivity index is 1.65. The largest absolute Gasteiger partial charge is 0.322 e. The van der Waals surface area contributed by atoms with Crippen molar-refractivity contribution in [3.05, 3.63) is 82.9 Å². The number of benzene rings is 3. The molecule has 1 amide bonds. The Kier molecular flexibility index (Phi) is 4.45. The van der Waals surface area contributed by atoms with Crippen LogP contribution in [0.1, 0.15) is 15.9 Å². The van der Waals surface area contributed by atoms with E-state index in [0.29, 0.717) is 10.6 Å². The van der Waals surface area contributed by atoms with Crippen molar-refractivity contribution in [2.75, 3.05) is 5.32 Å². The van der Waals surface area contributed by atoms with Crippen LogP contribution in [0.4, 0.5) is 5.69 Å². The molecule has 0 unspecified atom stereocenters. The first-order valence-electron chi connectivity index (χ1n) is 8.14. The summed E-state index contributed by atoms with van der Waals surface area (Å²) < 4.78 is 1.15. The van der Waals surface area contributed by atoms with Crippen molar-refractivity contribution in [1.82, 2.24) is 4.98 Å². The third-order valence-electron chi connectivity index (χ3n) is 4.13. The molecule has 1 aromatic heterocycles. The van der Waals surface area contributed by atoms with Gasteiger partial charge >= 0.3 is 0 Å². The molecule has 128 valence electrons. The fraction of sp³-hybridized carbons (Fsp3) is 0.0476. The molecule has 0 saturated carbocycles. The number of thiazole rings is 1. The number of anilines is 1. The summed E-state index contributed by atoms with van der Waals surface area (Å²) in [6.07, 6.45) is 0. The molecule has 4 rings (SSSR count). The van der Waals surface area contributed by atoms with E-state index < -0.39 is 0 Å². The maximum Gasteiger partial charge on any atom is 0.255 e. The van der Waals surface area contributed by atoms with E-state index in [4.69, 9.17) is 16.6 Å². The van der Waals surface area contributed by atoms with Crippen LogP contribution in [0, 0.1) is 6.92 Å². The monoisotopic (exact) mass is 378 g/mol. The third-order valence-corrected chi connectivity index (χ3v) is 5.47.